The minimum Gasteiger partial charge on any atom is -0.325 e. The predicted molar refractivity (Wildman–Crippen MR) is 137 cm³/mol. The van der Waals surface area contributed by atoms with Gasteiger partial charge in [0.25, 0.3) is 0 Å². The van der Waals surface area contributed by atoms with Crippen molar-refractivity contribution in [2.75, 3.05) is 18.9 Å². The van der Waals surface area contributed by atoms with Crippen LogP contribution in [-0.4, -0.2) is 40.6 Å². The topological polar surface area (TPSA) is 113 Å². The minimum atomic E-state index is -4.30. The molecule has 0 saturated heterocycles. The number of amides is 1. The molecule has 0 bridgehead atoms. The van der Waals surface area contributed by atoms with Crippen LogP contribution in [0.25, 0.3) is 0 Å². The summed E-state index contributed by atoms with van der Waals surface area (Å²) in [6.45, 7) is 0.405. The Morgan fingerprint density at radius 3 is 2.22 bits per heavy atom. The summed E-state index contributed by atoms with van der Waals surface area (Å²) < 4.78 is 68.5. The molecule has 0 unspecified atom stereocenters. The number of halogens is 3. The number of hydrogen-bond acceptors (Lipinski definition) is 5. The van der Waals surface area contributed by atoms with Crippen molar-refractivity contribution in [3.8, 4) is 0 Å². The van der Waals surface area contributed by atoms with Gasteiger partial charge in [-0.05, 0) is 68.1 Å². The summed E-state index contributed by atoms with van der Waals surface area (Å²) in [5.41, 5.74) is 0.606. The molecule has 3 aromatic carbocycles. The average Bonchev–Trinajstić information content (AvgIpc) is 2.82. The first-order chi connectivity index (χ1) is 16.8. The van der Waals surface area contributed by atoms with E-state index in [0.717, 1.165) is 10.4 Å². The van der Waals surface area contributed by atoms with Gasteiger partial charge < -0.3 is 5.32 Å². The highest BCUT2D eigenvalue weighted by Gasteiger charge is 2.29. The zero-order chi connectivity index (χ0) is 26.7. The quantitative estimate of drug-likeness (QED) is 0.398. The van der Waals surface area contributed by atoms with Crippen molar-refractivity contribution in [3.63, 3.8) is 0 Å². The molecular formula is C23H22Cl2FN3O5S2. The van der Waals surface area contributed by atoms with Gasteiger partial charge in [0.1, 0.15) is 5.82 Å². The van der Waals surface area contributed by atoms with Crippen LogP contribution in [-0.2, 0) is 31.4 Å². The highest BCUT2D eigenvalue weighted by atomic mass is 35.5. The van der Waals surface area contributed by atoms with Gasteiger partial charge in [0.15, 0.2) is 0 Å². The number of hydrogen-bond donors (Lipinski definition) is 2. The number of nitrogens with one attached hydrogen (secondary N) is 2. The second kappa shape index (κ2) is 11.2. The average molecular weight is 574 g/mol. The number of carbonyl (C=O) groups excluding carboxylic acids is 1. The summed E-state index contributed by atoms with van der Waals surface area (Å²) in [5, 5.41) is 2.84. The van der Waals surface area contributed by atoms with Gasteiger partial charge >= 0.3 is 0 Å². The third kappa shape index (κ3) is 6.41. The van der Waals surface area contributed by atoms with Crippen molar-refractivity contribution in [2.24, 2.45) is 0 Å². The van der Waals surface area contributed by atoms with E-state index < -0.39 is 44.9 Å². The monoisotopic (exact) mass is 573 g/mol. The smallest absolute Gasteiger partial charge is 0.243 e. The van der Waals surface area contributed by atoms with E-state index in [1.807, 2.05) is 0 Å². The van der Waals surface area contributed by atoms with Gasteiger partial charge in [-0.15, -0.1) is 0 Å². The zero-order valence-corrected chi connectivity index (χ0v) is 22.3. The molecule has 192 valence electrons. The molecule has 36 heavy (non-hydrogen) atoms. The lowest BCUT2D eigenvalue weighted by molar-refractivity contribution is -0.116. The first-order valence-electron chi connectivity index (χ1n) is 10.4. The van der Waals surface area contributed by atoms with Crippen LogP contribution in [0.4, 0.5) is 10.1 Å². The van der Waals surface area contributed by atoms with Gasteiger partial charge in [-0.25, -0.2) is 25.9 Å². The van der Waals surface area contributed by atoms with Crippen LogP contribution in [0.5, 0.6) is 0 Å². The van der Waals surface area contributed by atoms with Crippen molar-refractivity contribution < 1.29 is 26.0 Å². The van der Waals surface area contributed by atoms with Crippen molar-refractivity contribution in [2.45, 2.75) is 23.3 Å². The molecule has 3 rings (SSSR count). The number of anilines is 1. The Morgan fingerprint density at radius 2 is 1.61 bits per heavy atom. The molecule has 0 heterocycles. The maximum Gasteiger partial charge on any atom is 0.243 e. The zero-order valence-electron chi connectivity index (χ0n) is 19.1. The van der Waals surface area contributed by atoms with Crippen LogP contribution in [0.2, 0.25) is 10.0 Å². The van der Waals surface area contributed by atoms with Crippen LogP contribution in [0, 0.1) is 12.7 Å². The van der Waals surface area contributed by atoms with Crippen LogP contribution in [0.3, 0.4) is 0 Å². The molecule has 0 aliphatic rings. The summed E-state index contributed by atoms with van der Waals surface area (Å²) >= 11 is 12.0. The lowest BCUT2D eigenvalue weighted by Gasteiger charge is -2.23. The molecule has 2 N–H and O–H groups in total. The van der Waals surface area contributed by atoms with E-state index >= 15 is 0 Å². The highest BCUT2D eigenvalue weighted by Crippen LogP contribution is 2.26. The number of rotatable bonds is 9. The summed E-state index contributed by atoms with van der Waals surface area (Å²) in [5.74, 6) is -1.51. The SMILES string of the molecule is CNS(=O)(=O)c1ccc(C)c(NC(=O)CN(Cc2c(F)cccc2Cl)S(=O)(=O)c2ccc(Cl)cc2)c1. The minimum absolute atomic E-state index is 0.00691. The molecule has 0 fully saturated rings. The lowest BCUT2D eigenvalue weighted by atomic mass is 10.2. The van der Waals surface area contributed by atoms with E-state index in [9.17, 15) is 26.0 Å². The largest absolute Gasteiger partial charge is 0.325 e. The number of nitrogens with zero attached hydrogens (tertiary/aromatic N) is 1. The fourth-order valence-electron chi connectivity index (χ4n) is 3.21. The lowest BCUT2D eigenvalue weighted by Crippen LogP contribution is -2.38. The molecule has 0 aliphatic heterocycles. The van der Waals surface area contributed by atoms with Crippen LogP contribution in [0.1, 0.15) is 11.1 Å². The fourth-order valence-corrected chi connectivity index (χ4v) is 5.68. The Balaban J connectivity index is 1.96. The molecule has 13 heteroatoms. The third-order valence-electron chi connectivity index (χ3n) is 5.23. The third-order valence-corrected chi connectivity index (χ3v) is 9.05. The fraction of sp³-hybridized carbons (Fsp3) is 0.174. The van der Waals surface area contributed by atoms with Crippen LogP contribution >= 0.6 is 23.2 Å². The van der Waals surface area contributed by atoms with Crippen molar-refractivity contribution in [3.05, 3.63) is 87.7 Å². The second-order valence-corrected chi connectivity index (χ2v) is 12.3. The molecule has 0 saturated carbocycles. The van der Waals surface area contributed by atoms with Crippen molar-refractivity contribution in [1.82, 2.24) is 9.03 Å². The molecule has 0 atom stereocenters. The van der Waals surface area contributed by atoms with Gasteiger partial charge in [-0.3, -0.25) is 4.79 Å². The second-order valence-electron chi connectivity index (χ2n) is 7.66. The predicted octanol–water partition coefficient (Wildman–Crippen LogP) is 4.18. The Morgan fingerprint density at radius 1 is 0.972 bits per heavy atom. The van der Waals surface area contributed by atoms with Crippen molar-refractivity contribution >= 4 is 54.8 Å². The van der Waals surface area contributed by atoms with E-state index in [-0.39, 0.29) is 26.1 Å². The van der Waals surface area contributed by atoms with Gasteiger partial charge in [-0.2, -0.15) is 4.31 Å². The first-order valence-corrected chi connectivity index (χ1v) is 14.1. The van der Waals surface area contributed by atoms with E-state index in [1.54, 1.807) is 6.92 Å². The van der Waals surface area contributed by atoms with Gasteiger partial charge in [0.2, 0.25) is 26.0 Å². The number of benzene rings is 3. The summed E-state index contributed by atoms with van der Waals surface area (Å²) in [4.78, 5) is 12.7. The standard InChI is InChI=1S/C23H22Cl2FN3O5S2/c1-15-6-9-18(35(31,32)27-2)12-22(15)28-23(30)14-29(13-19-20(25)4-3-5-21(19)26)36(33,34)17-10-7-16(24)8-11-17/h3-12,27H,13-14H2,1-2H3,(H,28,30). The van der Waals surface area contributed by atoms with Gasteiger partial charge in [0, 0.05) is 27.8 Å². The van der Waals surface area contributed by atoms with Crippen LogP contribution < -0.4 is 10.0 Å². The van der Waals surface area contributed by atoms with Gasteiger partial charge in [0.05, 0.1) is 16.3 Å². The Bertz CT molecular complexity index is 1480. The van der Waals surface area contributed by atoms with E-state index in [0.29, 0.717) is 10.6 Å². The highest BCUT2D eigenvalue weighted by molar-refractivity contribution is 7.89. The number of sulfonamides is 2. The molecular weight excluding hydrogens is 552 g/mol. The Kier molecular flexibility index (Phi) is 8.75. The van der Waals surface area contributed by atoms with E-state index in [2.05, 4.69) is 10.0 Å². The van der Waals surface area contributed by atoms with E-state index in [1.165, 1.54) is 61.6 Å². The summed E-state index contributed by atoms with van der Waals surface area (Å²) in [6.07, 6.45) is 0. The number of carbonyl (C=O) groups is 1. The molecule has 8 nitrogen and oxygen atoms in total. The summed E-state index contributed by atoms with van der Waals surface area (Å²) in [7, 11) is -6.83. The van der Waals surface area contributed by atoms with Crippen LogP contribution in [0.15, 0.2) is 70.5 Å². The Hall–Kier alpha value is -2.54. The normalized spacial score (nSPS) is 12.1. The maximum atomic E-state index is 14.5. The first kappa shape index (κ1) is 28.0. The number of aryl methyl sites for hydroxylation is 1. The van der Waals surface area contributed by atoms with Crippen molar-refractivity contribution in [1.29, 1.82) is 0 Å². The molecule has 3 aromatic rings. The molecule has 0 aliphatic carbocycles. The molecule has 0 spiro atoms. The molecule has 1 amide bonds. The van der Waals surface area contributed by atoms with E-state index in [4.69, 9.17) is 23.2 Å². The Labute approximate surface area is 219 Å². The maximum absolute atomic E-state index is 14.5. The molecule has 0 aromatic heterocycles. The summed E-state index contributed by atoms with van der Waals surface area (Å²) in [6, 6.07) is 13.3. The van der Waals surface area contributed by atoms with Gasteiger partial charge in [-0.1, -0.05) is 35.3 Å². The molecule has 0 radical (unpaired) electrons.